The van der Waals surface area contributed by atoms with E-state index in [0.717, 1.165) is 29.9 Å². The molecule has 0 radical (unpaired) electrons. The molecule has 2 heterocycles. The van der Waals surface area contributed by atoms with E-state index < -0.39 is 0 Å². The Kier molecular flexibility index (Phi) is 5.42. The fraction of sp³-hybridized carbons (Fsp3) is 0.471. The first kappa shape index (κ1) is 16.9. The van der Waals surface area contributed by atoms with Crippen LogP contribution in [0.4, 0.5) is 0 Å². The molecule has 1 atom stereocenters. The maximum absolute atomic E-state index is 12.1. The van der Waals surface area contributed by atoms with Gasteiger partial charge in [-0.05, 0) is 38.4 Å². The second kappa shape index (κ2) is 7.72. The van der Waals surface area contributed by atoms with Crippen LogP contribution in [-0.4, -0.2) is 47.9 Å². The van der Waals surface area contributed by atoms with E-state index in [-0.39, 0.29) is 24.4 Å². The molecular formula is C17H22N4O2S. The summed E-state index contributed by atoms with van der Waals surface area (Å²) < 4.78 is 1.18. The number of amides is 2. The van der Waals surface area contributed by atoms with Crippen molar-refractivity contribution in [2.75, 3.05) is 26.2 Å². The topological polar surface area (TPSA) is 74.3 Å². The van der Waals surface area contributed by atoms with Gasteiger partial charge in [-0.1, -0.05) is 12.1 Å². The number of nitrogens with one attached hydrogen (secondary N) is 2. The highest BCUT2D eigenvalue weighted by atomic mass is 32.1. The molecule has 6 nitrogen and oxygen atoms in total. The largest absolute Gasteiger partial charge is 0.355 e. The standard InChI is InChI=1S/C17H22N4O2S/c1-2-18-15(22)10-19-16(23)11-21-9-5-7-13(21)17-20-12-6-3-4-8-14(12)24-17/h3-4,6,8,13H,2,5,7,9-11H2,1H3,(H,18,22)(H,19,23)/t13-/m0/s1. The quantitative estimate of drug-likeness (QED) is 0.835. The van der Waals surface area contributed by atoms with Gasteiger partial charge < -0.3 is 10.6 Å². The lowest BCUT2D eigenvalue weighted by molar-refractivity contribution is -0.126. The highest BCUT2D eigenvalue weighted by Gasteiger charge is 2.30. The molecule has 2 N–H and O–H groups in total. The van der Waals surface area contributed by atoms with E-state index in [1.54, 1.807) is 11.3 Å². The third-order valence-electron chi connectivity index (χ3n) is 4.13. The number of fused-ring (bicyclic) bond motifs is 1. The predicted molar refractivity (Wildman–Crippen MR) is 94.9 cm³/mol. The minimum atomic E-state index is -0.157. The summed E-state index contributed by atoms with van der Waals surface area (Å²) in [7, 11) is 0. The van der Waals surface area contributed by atoms with Crippen LogP contribution < -0.4 is 10.6 Å². The number of hydrogen-bond acceptors (Lipinski definition) is 5. The number of rotatable bonds is 6. The zero-order valence-electron chi connectivity index (χ0n) is 13.7. The predicted octanol–water partition coefficient (Wildman–Crippen LogP) is 1.69. The van der Waals surface area contributed by atoms with Gasteiger partial charge in [0.2, 0.25) is 11.8 Å². The lowest BCUT2D eigenvalue weighted by atomic mass is 10.2. The molecule has 0 saturated carbocycles. The number of para-hydroxylation sites is 1. The Morgan fingerprint density at radius 2 is 2.12 bits per heavy atom. The van der Waals surface area contributed by atoms with Crippen molar-refractivity contribution < 1.29 is 9.59 Å². The van der Waals surface area contributed by atoms with Gasteiger partial charge in [0, 0.05) is 6.54 Å². The van der Waals surface area contributed by atoms with Gasteiger partial charge in [-0.3, -0.25) is 14.5 Å². The van der Waals surface area contributed by atoms with Crippen LogP contribution in [0.3, 0.4) is 0 Å². The van der Waals surface area contributed by atoms with Crippen molar-refractivity contribution in [3.05, 3.63) is 29.3 Å². The zero-order valence-corrected chi connectivity index (χ0v) is 14.6. The molecule has 128 valence electrons. The third kappa shape index (κ3) is 3.91. The number of thiazole rings is 1. The first-order valence-electron chi connectivity index (χ1n) is 8.30. The van der Waals surface area contributed by atoms with Crippen LogP contribution in [0.15, 0.2) is 24.3 Å². The molecule has 1 aromatic heterocycles. The molecule has 0 aliphatic carbocycles. The van der Waals surface area contributed by atoms with Crippen molar-refractivity contribution in [2.24, 2.45) is 0 Å². The van der Waals surface area contributed by atoms with E-state index >= 15 is 0 Å². The molecule has 1 aromatic carbocycles. The molecule has 1 aliphatic heterocycles. The van der Waals surface area contributed by atoms with Gasteiger partial charge in [-0.25, -0.2) is 4.98 Å². The minimum Gasteiger partial charge on any atom is -0.355 e. The normalized spacial score (nSPS) is 18.0. The summed E-state index contributed by atoms with van der Waals surface area (Å²) in [5.74, 6) is -0.274. The van der Waals surface area contributed by atoms with Crippen LogP contribution >= 0.6 is 11.3 Å². The lowest BCUT2D eigenvalue weighted by Gasteiger charge is -2.21. The SMILES string of the molecule is CCNC(=O)CNC(=O)CN1CCC[C@H]1c1nc2ccccc2s1. The van der Waals surface area contributed by atoms with Crippen LogP contribution in [0.2, 0.25) is 0 Å². The van der Waals surface area contributed by atoms with Crippen LogP contribution in [-0.2, 0) is 9.59 Å². The van der Waals surface area contributed by atoms with E-state index in [1.165, 1.54) is 4.70 Å². The Balaban J connectivity index is 1.61. The fourth-order valence-corrected chi connectivity index (χ4v) is 4.14. The molecule has 24 heavy (non-hydrogen) atoms. The van der Waals surface area contributed by atoms with Gasteiger partial charge in [0.1, 0.15) is 5.01 Å². The van der Waals surface area contributed by atoms with Crippen LogP contribution in [0, 0.1) is 0 Å². The summed E-state index contributed by atoms with van der Waals surface area (Å²) in [6.45, 7) is 3.65. The van der Waals surface area contributed by atoms with Crippen molar-refractivity contribution in [1.82, 2.24) is 20.5 Å². The molecular weight excluding hydrogens is 324 g/mol. The number of benzene rings is 1. The van der Waals surface area contributed by atoms with Crippen molar-refractivity contribution in [3.8, 4) is 0 Å². The van der Waals surface area contributed by atoms with Gasteiger partial charge >= 0.3 is 0 Å². The number of nitrogens with zero attached hydrogens (tertiary/aromatic N) is 2. The Morgan fingerprint density at radius 1 is 1.29 bits per heavy atom. The van der Waals surface area contributed by atoms with Gasteiger partial charge in [0.25, 0.3) is 0 Å². The van der Waals surface area contributed by atoms with Crippen molar-refractivity contribution in [2.45, 2.75) is 25.8 Å². The summed E-state index contributed by atoms with van der Waals surface area (Å²) in [5, 5.41) is 6.43. The van der Waals surface area contributed by atoms with Crippen molar-refractivity contribution in [3.63, 3.8) is 0 Å². The molecule has 0 unspecified atom stereocenters. The van der Waals surface area contributed by atoms with E-state index in [1.807, 2.05) is 25.1 Å². The van der Waals surface area contributed by atoms with Gasteiger partial charge in [-0.15, -0.1) is 11.3 Å². The summed E-state index contributed by atoms with van der Waals surface area (Å²) in [6.07, 6.45) is 2.08. The number of likely N-dealkylation sites (tertiary alicyclic amines) is 1. The second-order valence-corrected chi connectivity index (χ2v) is 6.94. The molecule has 1 saturated heterocycles. The number of carbonyl (C=O) groups excluding carboxylic acids is 2. The monoisotopic (exact) mass is 346 g/mol. The van der Waals surface area contributed by atoms with E-state index in [9.17, 15) is 9.59 Å². The third-order valence-corrected chi connectivity index (χ3v) is 5.26. The van der Waals surface area contributed by atoms with E-state index in [4.69, 9.17) is 4.98 Å². The fourth-order valence-electron chi connectivity index (χ4n) is 3.01. The molecule has 1 aliphatic rings. The van der Waals surface area contributed by atoms with Crippen molar-refractivity contribution in [1.29, 1.82) is 0 Å². The number of aromatic nitrogens is 1. The van der Waals surface area contributed by atoms with Crippen LogP contribution in [0.25, 0.3) is 10.2 Å². The Labute approximate surface area is 145 Å². The number of likely N-dealkylation sites (N-methyl/N-ethyl adjacent to an activating group) is 1. The molecule has 2 aromatic rings. The average Bonchev–Trinajstić information content (AvgIpc) is 3.19. The number of carbonyl (C=O) groups is 2. The zero-order chi connectivity index (χ0) is 16.9. The van der Waals surface area contributed by atoms with E-state index in [0.29, 0.717) is 13.1 Å². The summed E-state index contributed by atoms with van der Waals surface area (Å²) >= 11 is 1.70. The first-order chi connectivity index (χ1) is 11.7. The summed E-state index contributed by atoms with van der Waals surface area (Å²) in [5.41, 5.74) is 1.02. The Morgan fingerprint density at radius 3 is 2.92 bits per heavy atom. The molecule has 0 bridgehead atoms. The van der Waals surface area contributed by atoms with Gasteiger partial charge in [0.05, 0.1) is 29.3 Å². The average molecular weight is 346 g/mol. The first-order valence-corrected chi connectivity index (χ1v) is 9.12. The summed E-state index contributed by atoms with van der Waals surface area (Å²) in [4.78, 5) is 30.4. The van der Waals surface area contributed by atoms with Gasteiger partial charge in [-0.2, -0.15) is 0 Å². The molecule has 1 fully saturated rings. The maximum Gasteiger partial charge on any atom is 0.239 e. The van der Waals surface area contributed by atoms with E-state index in [2.05, 4.69) is 21.6 Å². The van der Waals surface area contributed by atoms with Crippen LogP contribution in [0.1, 0.15) is 30.8 Å². The van der Waals surface area contributed by atoms with Gasteiger partial charge in [0.15, 0.2) is 0 Å². The van der Waals surface area contributed by atoms with Crippen molar-refractivity contribution >= 4 is 33.4 Å². The molecule has 2 amide bonds. The summed E-state index contributed by atoms with van der Waals surface area (Å²) in [6, 6.07) is 8.30. The second-order valence-electron chi connectivity index (χ2n) is 5.88. The minimum absolute atomic E-state index is 0.0340. The highest BCUT2D eigenvalue weighted by Crippen LogP contribution is 2.35. The number of hydrogen-bond donors (Lipinski definition) is 2. The molecule has 7 heteroatoms. The maximum atomic E-state index is 12.1. The lowest BCUT2D eigenvalue weighted by Crippen LogP contribution is -2.41. The smallest absolute Gasteiger partial charge is 0.239 e. The highest BCUT2D eigenvalue weighted by molar-refractivity contribution is 7.18. The molecule has 3 rings (SSSR count). The van der Waals surface area contributed by atoms with Crippen LogP contribution in [0.5, 0.6) is 0 Å². The molecule has 0 spiro atoms. The Bertz CT molecular complexity index is 697. The Hall–Kier alpha value is -1.99.